The maximum absolute atomic E-state index is 13.1. The van der Waals surface area contributed by atoms with E-state index >= 15 is 0 Å². The molecule has 0 radical (unpaired) electrons. The van der Waals surface area contributed by atoms with Gasteiger partial charge in [-0.1, -0.05) is 36.5 Å². The van der Waals surface area contributed by atoms with E-state index in [1.165, 1.54) is 0 Å². The first kappa shape index (κ1) is 15.8. The summed E-state index contributed by atoms with van der Waals surface area (Å²) in [6, 6.07) is -0.159. The van der Waals surface area contributed by atoms with Gasteiger partial charge in [-0.25, -0.2) is 8.42 Å². The van der Waals surface area contributed by atoms with Crippen LogP contribution in [0.4, 0.5) is 5.69 Å². The standard InChI is InChI=1S/C22H17N3O3S/c26-22-19-14(9-23-22)17-12-5-1-3-7-15(12)24-10-29(27,28)11-25-16-8-4-2-6-13(16)18(19)21(25)20(17)24/h1-4,6-8,16H,5,9-11H2,(H,23,26). The molecule has 7 rings (SSSR count). The maximum atomic E-state index is 13.1. The Morgan fingerprint density at radius 2 is 2.00 bits per heavy atom. The second-order valence-electron chi connectivity index (χ2n) is 8.19. The Hall–Kier alpha value is -3.06. The van der Waals surface area contributed by atoms with Gasteiger partial charge in [0, 0.05) is 22.5 Å². The van der Waals surface area contributed by atoms with Crippen molar-refractivity contribution in [1.82, 2.24) is 9.88 Å². The van der Waals surface area contributed by atoms with Gasteiger partial charge in [-0.15, -0.1) is 0 Å². The Labute approximate surface area is 166 Å². The van der Waals surface area contributed by atoms with Crippen LogP contribution < -0.4 is 20.8 Å². The number of fused-ring (bicyclic) bond motifs is 8. The average molecular weight is 403 g/mol. The smallest absolute Gasteiger partial charge is 0.252 e. The summed E-state index contributed by atoms with van der Waals surface area (Å²) in [5, 5.41) is 5.94. The fourth-order valence-corrected chi connectivity index (χ4v) is 7.12. The molecule has 29 heavy (non-hydrogen) atoms. The molecule has 2 aromatic rings. The van der Waals surface area contributed by atoms with Gasteiger partial charge >= 0.3 is 0 Å². The van der Waals surface area contributed by atoms with Gasteiger partial charge in [0.15, 0.2) is 9.84 Å². The molecule has 2 aliphatic carbocycles. The van der Waals surface area contributed by atoms with Crippen molar-refractivity contribution in [2.45, 2.75) is 24.9 Å². The predicted octanol–water partition coefficient (Wildman–Crippen LogP) is 0.586. The van der Waals surface area contributed by atoms with Crippen molar-refractivity contribution in [3.8, 4) is 0 Å². The van der Waals surface area contributed by atoms with Gasteiger partial charge in [0.2, 0.25) is 0 Å². The first-order valence-electron chi connectivity index (χ1n) is 9.76. The first-order valence-corrected chi connectivity index (χ1v) is 11.6. The number of allylic oxidation sites excluding steroid dienone is 4. The Morgan fingerprint density at radius 1 is 1.10 bits per heavy atom. The fourth-order valence-electron chi connectivity index (χ4n) is 5.66. The van der Waals surface area contributed by atoms with Gasteiger partial charge in [-0.2, -0.15) is 0 Å². The number of aromatic nitrogens is 1. The largest absolute Gasteiger partial charge is 0.348 e. The van der Waals surface area contributed by atoms with Crippen molar-refractivity contribution >= 4 is 44.0 Å². The lowest BCUT2D eigenvalue weighted by Gasteiger charge is -2.27. The third kappa shape index (κ3) is 1.78. The van der Waals surface area contributed by atoms with Crippen LogP contribution in [-0.2, 0) is 28.7 Å². The molecule has 0 fully saturated rings. The van der Waals surface area contributed by atoms with Crippen molar-refractivity contribution in [2.75, 3.05) is 10.8 Å². The highest BCUT2D eigenvalue weighted by molar-refractivity contribution is 7.90. The number of hydrogen-bond donors (Lipinski definition) is 1. The minimum Gasteiger partial charge on any atom is -0.348 e. The number of amides is 1. The van der Waals surface area contributed by atoms with Crippen molar-refractivity contribution in [1.29, 1.82) is 0 Å². The van der Waals surface area contributed by atoms with Gasteiger partial charge in [0.25, 0.3) is 5.91 Å². The molecule has 1 unspecified atom stereocenters. The van der Waals surface area contributed by atoms with E-state index in [-0.39, 0.29) is 23.7 Å². The summed E-state index contributed by atoms with van der Waals surface area (Å²) < 4.78 is 28.2. The lowest BCUT2D eigenvalue weighted by atomic mass is 9.94. The van der Waals surface area contributed by atoms with Crippen LogP contribution in [0.3, 0.4) is 0 Å². The molecule has 1 atom stereocenters. The molecular weight excluding hydrogens is 386 g/mol. The molecule has 1 amide bonds. The summed E-state index contributed by atoms with van der Waals surface area (Å²) in [7, 11) is -3.37. The summed E-state index contributed by atoms with van der Waals surface area (Å²) in [4.78, 5) is 14.9. The maximum Gasteiger partial charge on any atom is 0.252 e. The zero-order valence-electron chi connectivity index (χ0n) is 15.5. The monoisotopic (exact) mass is 403 g/mol. The van der Waals surface area contributed by atoms with Crippen molar-refractivity contribution in [2.24, 2.45) is 0 Å². The van der Waals surface area contributed by atoms with E-state index in [4.69, 9.17) is 0 Å². The summed E-state index contributed by atoms with van der Waals surface area (Å²) in [5.41, 5.74) is 5.74. The molecule has 6 nitrogen and oxygen atoms in total. The van der Waals surface area contributed by atoms with E-state index in [0.29, 0.717) is 6.54 Å². The molecular formula is C22H17N3O3S. The number of hydrogen-bond acceptors (Lipinski definition) is 4. The Bertz CT molecular complexity index is 1520. The van der Waals surface area contributed by atoms with Crippen LogP contribution in [0.5, 0.6) is 0 Å². The van der Waals surface area contributed by atoms with E-state index in [2.05, 4.69) is 11.4 Å². The highest BCUT2D eigenvalue weighted by Crippen LogP contribution is 2.41. The van der Waals surface area contributed by atoms with Crippen LogP contribution in [-0.4, -0.2) is 30.8 Å². The quantitative estimate of drug-likeness (QED) is 0.699. The molecule has 0 spiro atoms. The molecule has 0 saturated heterocycles. The molecule has 0 bridgehead atoms. The second-order valence-corrected chi connectivity index (χ2v) is 10.2. The fraction of sp³-hybridized carbons (Fsp3) is 0.227. The predicted molar refractivity (Wildman–Crippen MR) is 111 cm³/mol. The Morgan fingerprint density at radius 3 is 2.90 bits per heavy atom. The van der Waals surface area contributed by atoms with Crippen LogP contribution in [0.15, 0.2) is 36.5 Å². The van der Waals surface area contributed by atoms with Gasteiger partial charge in [0.1, 0.15) is 11.8 Å². The number of anilines is 1. The highest BCUT2D eigenvalue weighted by Gasteiger charge is 2.42. The number of rotatable bonds is 0. The third-order valence-electron chi connectivity index (χ3n) is 6.66. The Kier molecular flexibility index (Phi) is 2.68. The van der Waals surface area contributed by atoms with Gasteiger partial charge < -0.3 is 14.8 Å². The van der Waals surface area contributed by atoms with Crippen LogP contribution in [0, 0.1) is 0 Å². The summed E-state index contributed by atoms with van der Waals surface area (Å²) in [6.45, 7) is 0.488. The molecule has 144 valence electrons. The average Bonchev–Trinajstić information content (AvgIpc) is 3.31. The Balaban J connectivity index is 1.80. The van der Waals surface area contributed by atoms with Crippen molar-refractivity contribution in [3.05, 3.63) is 63.7 Å². The van der Waals surface area contributed by atoms with Crippen molar-refractivity contribution in [3.63, 3.8) is 0 Å². The van der Waals surface area contributed by atoms with E-state index < -0.39 is 9.84 Å². The molecule has 4 heterocycles. The highest BCUT2D eigenvalue weighted by atomic mass is 32.2. The van der Waals surface area contributed by atoms with Crippen LogP contribution in [0.1, 0.15) is 21.5 Å². The molecule has 7 heteroatoms. The minimum atomic E-state index is -3.37. The number of sulfone groups is 1. The van der Waals surface area contributed by atoms with Crippen LogP contribution in [0.2, 0.25) is 0 Å². The number of carbonyl (C=O) groups excluding carboxylic acids is 1. The third-order valence-corrected chi connectivity index (χ3v) is 7.98. The van der Waals surface area contributed by atoms with E-state index in [9.17, 15) is 13.2 Å². The van der Waals surface area contributed by atoms with Crippen LogP contribution in [0.25, 0.3) is 22.6 Å². The number of benzene rings is 1. The van der Waals surface area contributed by atoms with E-state index in [1.54, 1.807) is 0 Å². The molecule has 1 aromatic heterocycles. The summed E-state index contributed by atoms with van der Waals surface area (Å²) in [5.74, 6) is -0.143. The molecule has 1 N–H and O–H groups in total. The number of carbonyl (C=O) groups is 1. The normalized spacial score (nSPS) is 24.3. The molecule has 3 aliphatic heterocycles. The summed E-state index contributed by atoms with van der Waals surface area (Å²) >= 11 is 0. The minimum absolute atomic E-state index is 0.0338. The van der Waals surface area contributed by atoms with Gasteiger partial charge in [0.05, 0.1) is 22.8 Å². The van der Waals surface area contributed by atoms with Crippen molar-refractivity contribution < 1.29 is 13.2 Å². The number of nitrogens with zero attached hydrogens (tertiary/aromatic N) is 2. The molecule has 0 saturated carbocycles. The van der Waals surface area contributed by atoms with E-state index in [0.717, 1.165) is 55.8 Å². The SMILES string of the molecule is O=C1NCc2c1c1c3c4c2c2c(n4CS(=O)(=O)CN3C3C=CC=CC=13)=CC=CC2. The zero-order valence-corrected chi connectivity index (χ0v) is 16.3. The lowest BCUT2D eigenvalue weighted by Crippen LogP contribution is -2.36. The summed E-state index contributed by atoms with van der Waals surface area (Å²) in [6.07, 6.45) is 14.8. The first-order chi connectivity index (χ1) is 14.1. The number of nitrogens with one attached hydrogen (secondary N) is 1. The lowest BCUT2D eigenvalue weighted by molar-refractivity contribution is 0.0965. The van der Waals surface area contributed by atoms with E-state index in [1.807, 2.05) is 45.9 Å². The molecule has 5 aliphatic rings. The van der Waals surface area contributed by atoms with Gasteiger partial charge in [-0.3, -0.25) is 4.79 Å². The topological polar surface area (TPSA) is 71.4 Å². The van der Waals surface area contributed by atoms with Crippen LogP contribution >= 0.6 is 0 Å². The molecule has 1 aromatic carbocycles. The zero-order chi connectivity index (χ0) is 19.5. The van der Waals surface area contributed by atoms with Gasteiger partial charge in [-0.05, 0) is 29.2 Å². The second kappa shape index (κ2) is 4.91.